The van der Waals surface area contributed by atoms with Gasteiger partial charge in [-0.25, -0.2) is 4.39 Å². The Morgan fingerprint density at radius 3 is 2.79 bits per heavy atom. The summed E-state index contributed by atoms with van der Waals surface area (Å²) in [6.07, 6.45) is 0. The summed E-state index contributed by atoms with van der Waals surface area (Å²) in [5, 5.41) is 11.2. The molecule has 1 rings (SSSR count). The highest BCUT2D eigenvalue weighted by molar-refractivity contribution is 9.10. The third-order valence-electron chi connectivity index (χ3n) is 1.46. The molecule has 0 aliphatic carbocycles. The summed E-state index contributed by atoms with van der Waals surface area (Å²) in [4.78, 5) is 0. The van der Waals surface area contributed by atoms with Gasteiger partial charge in [-0.05, 0) is 40.3 Å². The van der Waals surface area contributed by atoms with E-state index in [0.717, 1.165) is 0 Å². The van der Waals surface area contributed by atoms with Gasteiger partial charge in [-0.2, -0.15) is 5.26 Å². The van der Waals surface area contributed by atoms with Gasteiger partial charge >= 0.3 is 0 Å². The van der Waals surface area contributed by atoms with E-state index in [1.807, 2.05) is 6.07 Å². The van der Waals surface area contributed by atoms with Crippen molar-refractivity contribution in [3.63, 3.8) is 0 Å². The normalized spacial score (nSPS) is 9.21. The zero-order valence-corrected chi connectivity index (χ0v) is 9.25. The number of nitrogens with one attached hydrogen (secondary N) is 1. The van der Waals surface area contributed by atoms with Crippen molar-refractivity contribution in [1.29, 1.82) is 5.26 Å². The SMILES string of the molecule is N#Cc1ccc(F)c(Br)c1NC(N)=S. The van der Waals surface area contributed by atoms with Crippen molar-refractivity contribution in [2.24, 2.45) is 5.73 Å². The van der Waals surface area contributed by atoms with Crippen LogP contribution in [0.5, 0.6) is 0 Å². The summed E-state index contributed by atoms with van der Waals surface area (Å²) in [6, 6.07) is 4.43. The van der Waals surface area contributed by atoms with Gasteiger partial charge in [0.05, 0.1) is 15.7 Å². The number of hydrogen-bond donors (Lipinski definition) is 2. The molecule has 0 radical (unpaired) electrons. The lowest BCUT2D eigenvalue weighted by atomic mass is 10.2. The molecule has 0 aliphatic rings. The third-order valence-corrected chi connectivity index (χ3v) is 2.34. The predicted molar refractivity (Wildman–Crippen MR) is 59.2 cm³/mol. The Kier molecular flexibility index (Phi) is 3.38. The van der Waals surface area contributed by atoms with Crippen molar-refractivity contribution in [1.82, 2.24) is 0 Å². The zero-order chi connectivity index (χ0) is 10.7. The van der Waals surface area contributed by atoms with Crippen LogP contribution in [0.25, 0.3) is 0 Å². The maximum Gasteiger partial charge on any atom is 0.168 e. The van der Waals surface area contributed by atoms with E-state index >= 15 is 0 Å². The Bertz CT molecular complexity index is 427. The van der Waals surface area contributed by atoms with E-state index in [1.54, 1.807) is 0 Å². The molecule has 0 aliphatic heterocycles. The fraction of sp³-hybridized carbons (Fsp3) is 0. The van der Waals surface area contributed by atoms with Gasteiger partial charge in [-0.3, -0.25) is 0 Å². The number of halogens is 2. The van der Waals surface area contributed by atoms with Gasteiger partial charge in [0, 0.05) is 0 Å². The van der Waals surface area contributed by atoms with Crippen molar-refractivity contribution < 1.29 is 4.39 Å². The number of hydrogen-bond acceptors (Lipinski definition) is 2. The van der Waals surface area contributed by atoms with Crippen LogP contribution in [0.15, 0.2) is 16.6 Å². The smallest absolute Gasteiger partial charge is 0.168 e. The van der Waals surface area contributed by atoms with Crippen molar-refractivity contribution >= 4 is 38.9 Å². The van der Waals surface area contributed by atoms with E-state index in [4.69, 9.17) is 11.0 Å². The second kappa shape index (κ2) is 4.35. The van der Waals surface area contributed by atoms with Gasteiger partial charge in [0.15, 0.2) is 5.11 Å². The average molecular weight is 274 g/mol. The molecule has 0 spiro atoms. The number of thiocarbonyl (C=S) groups is 1. The van der Waals surface area contributed by atoms with Crippen LogP contribution in [-0.4, -0.2) is 5.11 Å². The molecule has 6 heteroatoms. The standard InChI is InChI=1S/C8H5BrFN3S/c9-6-5(10)2-1-4(3-11)7(6)13-8(12)14/h1-2H,(H3,12,13,14). The molecule has 1 aromatic carbocycles. The molecule has 0 heterocycles. The molecule has 0 saturated heterocycles. The van der Waals surface area contributed by atoms with Crippen LogP contribution < -0.4 is 11.1 Å². The van der Waals surface area contributed by atoms with Gasteiger partial charge in [0.2, 0.25) is 0 Å². The van der Waals surface area contributed by atoms with E-state index in [9.17, 15) is 4.39 Å². The molecule has 0 saturated carbocycles. The quantitative estimate of drug-likeness (QED) is 0.770. The topological polar surface area (TPSA) is 61.8 Å². The molecule has 14 heavy (non-hydrogen) atoms. The number of nitrogens with two attached hydrogens (primary N) is 1. The fourth-order valence-electron chi connectivity index (χ4n) is 0.889. The lowest BCUT2D eigenvalue weighted by molar-refractivity contribution is 0.622. The Hall–Kier alpha value is -1.19. The van der Waals surface area contributed by atoms with E-state index in [0.29, 0.717) is 0 Å². The van der Waals surface area contributed by atoms with Crippen molar-refractivity contribution in [3.05, 3.63) is 28.0 Å². The minimum atomic E-state index is -0.484. The largest absolute Gasteiger partial charge is 0.376 e. The molecule has 3 nitrogen and oxygen atoms in total. The summed E-state index contributed by atoms with van der Waals surface area (Å²) in [6.45, 7) is 0. The van der Waals surface area contributed by atoms with Gasteiger partial charge in [0.25, 0.3) is 0 Å². The fourth-order valence-corrected chi connectivity index (χ4v) is 1.44. The second-order valence-corrected chi connectivity index (χ2v) is 3.62. The minimum Gasteiger partial charge on any atom is -0.376 e. The van der Waals surface area contributed by atoms with Crippen molar-refractivity contribution in [2.45, 2.75) is 0 Å². The van der Waals surface area contributed by atoms with Crippen LogP contribution >= 0.6 is 28.1 Å². The number of anilines is 1. The lowest BCUT2D eigenvalue weighted by Crippen LogP contribution is -2.20. The van der Waals surface area contributed by atoms with E-state index < -0.39 is 5.82 Å². The summed E-state index contributed by atoms with van der Waals surface area (Å²) in [5.74, 6) is -0.484. The second-order valence-electron chi connectivity index (χ2n) is 2.38. The minimum absolute atomic E-state index is 0.0206. The highest BCUT2D eigenvalue weighted by Crippen LogP contribution is 2.28. The molecule has 0 atom stereocenters. The van der Waals surface area contributed by atoms with Crippen LogP contribution in [-0.2, 0) is 0 Å². The first-order valence-electron chi connectivity index (χ1n) is 3.51. The van der Waals surface area contributed by atoms with Crippen LogP contribution in [0.2, 0.25) is 0 Å². The molecule has 3 N–H and O–H groups in total. The first-order chi connectivity index (χ1) is 6.56. The molecular formula is C8H5BrFN3S. The maximum atomic E-state index is 13.1. The first-order valence-corrected chi connectivity index (χ1v) is 4.71. The molecular weight excluding hydrogens is 269 g/mol. The molecule has 0 unspecified atom stereocenters. The summed E-state index contributed by atoms with van der Waals surface area (Å²) in [7, 11) is 0. The Balaban J connectivity index is 3.29. The molecule has 0 bridgehead atoms. The van der Waals surface area contributed by atoms with Crippen LogP contribution in [0, 0.1) is 17.1 Å². The number of nitrogens with zero attached hydrogens (tertiary/aromatic N) is 1. The summed E-state index contributed by atoms with van der Waals surface area (Å²) in [5.41, 5.74) is 5.75. The van der Waals surface area contributed by atoms with Gasteiger partial charge < -0.3 is 11.1 Å². The zero-order valence-electron chi connectivity index (χ0n) is 6.84. The molecule has 72 valence electrons. The lowest BCUT2D eigenvalue weighted by Gasteiger charge is -2.08. The van der Waals surface area contributed by atoms with Crippen molar-refractivity contribution in [2.75, 3.05) is 5.32 Å². The van der Waals surface area contributed by atoms with E-state index in [2.05, 4.69) is 33.5 Å². The highest BCUT2D eigenvalue weighted by atomic mass is 79.9. The number of nitriles is 1. The van der Waals surface area contributed by atoms with Gasteiger partial charge in [-0.15, -0.1) is 0 Å². The first kappa shape index (κ1) is 10.9. The third kappa shape index (κ3) is 2.19. The molecule has 0 amide bonds. The molecule has 0 fully saturated rings. The highest BCUT2D eigenvalue weighted by Gasteiger charge is 2.11. The molecule has 1 aromatic rings. The molecule has 0 aromatic heterocycles. The maximum absolute atomic E-state index is 13.1. The summed E-state index contributed by atoms with van der Waals surface area (Å²) >= 11 is 7.60. The van der Waals surface area contributed by atoms with E-state index in [1.165, 1.54) is 12.1 Å². The Labute approximate surface area is 93.8 Å². The van der Waals surface area contributed by atoms with Gasteiger partial charge in [0.1, 0.15) is 11.9 Å². The Morgan fingerprint density at radius 2 is 2.29 bits per heavy atom. The van der Waals surface area contributed by atoms with E-state index in [-0.39, 0.29) is 20.8 Å². The summed E-state index contributed by atoms with van der Waals surface area (Å²) < 4.78 is 13.2. The van der Waals surface area contributed by atoms with Gasteiger partial charge in [-0.1, -0.05) is 0 Å². The van der Waals surface area contributed by atoms with Crippen LogP contribution in [0.4, 0.5) is 10.1 Å². The number of benzene rings is 1. The Morgan fingerprint density at radius 1 is 1.64 bits per heavy atom. The van der Waals surface area contributed by atoms with Crippen molar-refractivity contribution in [3.8, 4) is 6.07 Å². The van der Waals surface area contributed by atoms with Crippen LogP contribution in [0.1, 0.15) is 5.56 Å². The average Bonchev–Trinajstić information content (AvgIpc) is 2.13. The van der Waals surface area contributed by atoms with Crippen LogP contribution in [0.3, 0.4) is 0 Å². The number of rotatable bonds is 1. The monoisotopic (exact) mass is 273 g/mol. The predicted octanol–water partition coefficient (Wildman–Crippen LogP) is 2.12.